The molecule has 0 unspecified atom stereocenters. The highest BCUT2D eigenvalue weighted by atomic mass is 16.7. The normalized spacial score (nSPS) is 18.1. The molecule has 1 spiro atoms. The lowest BCUT2D eigenvalue weighted by molar-refractivity contribution is -0.191. The molecule has 1 saturated carbocycles. The van der Waals surface area contributed by atoms with Gasteiger partial charge >= 0.3 is 0 Å². The second kappa shape index (κ2) is 11.8. The van der Waals surface area contributed by atoms with Crippen molar-refractivity contribution >= 4 is 23.7 Å². The standard InChI is InChI=1S/C30H34O8/c1-33-23-9-5-21(19-25(23)35-3)7-11-27(31)29(13-15-30(16-14-29)37-17-18-38-30)28(32)12-8-22-6-10-24(34-2)26(20-22)36-4/h5-12,19-20H,13-18H2,1-4H3/b11-7+,12-8+. The minimum absolute atomic E-state index is 0.248. The van der Waals surface area contributed by atoms with Crippen LogP contribution >= 0.6 is 0 Å². The number of hydrogen-bond acceptors (Lipinski definition) is 8. The SMILES string of the molecule is COc1ccc(/C=C/C(=O)C2(C(=O)/C=C/c3ccc(OC)c(OC)c3)CCC3(CC2)OCCO3)cc1OC. The first-order chi connectivity index (χ1) is 18.4. The molecule has 2 aliphatic rings. The summed E-state index contributed by atoms with van der Waals surface area (Å²) in [6.45, 7) is 1.04. The third kappa shape index (κ3) is 5.61. The van der Waals surface area contributed by atoms with Crippen LogP contribution in [0.3, 0.4) is 0 Å². The van der Waals surface area contributed by atoms with Crippen LogP contribution in [0.25, 0.3) is 12.2 Å². The van der Waals surface area contributed by atoms with Crippen LogP contribution in [0.15, 0.2) is 48.6 Å². The molecular weight excluding hydrogens is 488 g/mol. The molecule has 1 aliphatic carbocycles. The van der Waals surface area contributed by atoms with E-state index >= 15 is 0 Å². The molecule has 0 N–H and O–H groups in total. The van der Waals surface area contributed by atoms with Gasteiger partial charge in [0.2, 0.25) is 0 Å². The zero-order chi connectivity index (χ0) is 27.2. The third-order valence-corrected chi connectivity index (χ3v) is 7.29. The molecule has 0 radical (unpaired) electrons. The topological polar surface area (TPSA) is 89.5 Å². The van der Waals surface area contributed by atoms with Crippen molar-refractivity contribution in [3.8, 4) is 23.0 Å². The van der Waals surface area contributed by atoms with E-state index in [0.29, 0.717) is 61.9 Å². The molecule has 202 valence electrons. The van der Waals surface area contributed by atoms with Crippen LogP contribution < -0.4 is 18.9 Å². The number of ketones is 2. The van der Waals surface area contributed by atoms with Crippen molar-refractivity contribution < 1.29 is 38.0 Å². The van der Waals surface area contributed by atoms with E-state index < -0.39 is 11.2 Å². The summed E-state index contributed by atoms with van der Waals surface area (Å²) >= 11 is 0. The summed E-state index contributed by atoms with van der Waals surface area (Å²) in [5, 5.41) is 0. The van der Waals surface area contributed by atoms with Crippen molar-refractivity contribution in [1.82, 2.24) is 0 Å². The Morgan fingerprint density at radius 1 is 0.658 bits per heavy atom. The van der Waals surface area contributed by atoms with Gasteiger partial charge in [0.05, 0.1) is 47.1 Å². The predicted octanol–water partition coefficient (Wildman–Crippen LogP) is 4.89. The number of allylic oxidation sites excluding steroid dienone is 2. The molecule has 2 aromatic carbocycles. The van der Waals surface area contributed by atoms with Crippen LogP contribution in [-0.2, 0) is 19.1 Å². The number of benzene rings is 2. The minimum Gasteiger partial charge on any atom is -0.493 e. The molecule has 0 amide bonds. The van der Waals surface area contributed by atoms with Gasteiger partial charge in [-0.05, 0) is 60.4 Å². The van der Waals surface area contributed by atoms with E-state index in [4.69, 9.17) is 28.4 Å². The number of ether oxygens (including phenoxy) is 6. The molecule has 8 nitrogen and oxygen atoms in total. The van der Waals surface area contributed by atoms with Crippen LogP contribution in [-0.4, -0.2) is 59.0 Å². The largest absolute Gasteiger partial charge is 0.493 e. The third-order valence-electron chi connectivity index (χ3n) is 7.29. The Morgan fingerprint density at radius 3 is 1.47 bits per heavy atom. The number of methoxy groups -OCH3 is 4. The smallest absolute Gasteiger partial charge is 0.169 e. The second-order valence-electron chi connectivity index (χ2n) is 9.31. The van der Waals surface area contributed by atoms with Crippen LogP contribution in [0, 0.1) is 5.41 Å². The average Bonchev–Trinajstić information content (AvgIpc) is 3.42. The van der Waals surface area contributed by atoms with E-state index in [0.717, 1.165) is 11.1 Å². The van der Waals surface area contributed by atoms with Crippen molar-refractivity contribution in [1.29, 1.82) is 0 Å². The van der Waals surface area contributed by atoms with Gasteiger partial charge in [-0.15, -0.1) is 0 Å². The Bertz CT molecular complexity index is 1130. The lowest BCUT2D eigenvalue weighted by Gasteiger charge is -2.40. The molecule has 38 heavy (non-hydrogen) atoms. The van der Waals surface area contributed by atoms with Gasteiger partial charge < -0.3 is 28.4 Å². The Morgan fingerprint density at radius 2 is 1.08 bits per heavy atom. The van der Waals surface area contributed by atoms with Crippen molar-refractivity contribution in [3.05, 3.63) is 59.7 Å². The lowest BCUT2D eigenvalue weighted by atomic mass is 9.66. The zero-order valence-electron chi connectivity index (χ0n) is 22.3. The van der Waals surface area contributed by atoms with Gasteiger partial charge in [0.25, 0.3) is 0 Å². The predicted molar refractivity (Wildman–Crippen MR) is 143 cm³/mol. The first kappa shape index (κ1) is 27.4. The summed E-state index contributed by atoms with van der Waals surface area (Å²) in [4.78, 5) is 27.4. The second-order valence-corrected chi connectivity index (χ2v) is 9.31. The molecule has 2 aromatic rings. The fourth-order valence-electron chi connectivity index (χ4n) is 5.03. The summed E-state index contributed by atoms with van der Waals surface area (Å²) in [6.07, 6.45) is 7.97. The van der Waals surface area contributed by atoms with Crippen LogP contribution in [0.1, 0.15) is 36.8 Å². The van der Waals surface area contributed by atoms with Gasteiger partial charge in [0, 0.05) is 12.8 Å². The highest BCUT2D eigenvalue weighted by Gasteiger charge is 2.52. The van der Waals surface area contributed by atoms with Crippen LogP contribution in [0.2, 0.25) is 0 Å². The van der Waals surface area contributed by atoms with Crippen molar-refractivity contribution in [2.75, 3.05) is 41.7 Å². The summed E-state index contributed by atoms with van der Waals surface area (Å²) in [7, 11) is 6.24. The van der Waals surface area contributed by atoms with Crippen molar-refractivity contribution in [2.45, 2.75) is 31.5 Å². The molecular formula is C30H34O8. The Hall–Kier alpha value is -3.62. The van der Waals surface area contributed by atoms with Gasteiger partial charge in [-0.25, -0.2) is 0 Å². The van der Waals surface area contributed by atoms with Crippen LogP contribution in [0.5, 0.6) is 23.0 Å². The number of hydrogen-bond donors (Lipinski definition) is 0. The first-order valence-electron chi connectivity index (χ1n) is 12.6. The molecule has 1 saturated heterocycles. The fraction of sp³-hybridized carbons (Fsp3) is 0.400. The van der Waals surface area contributed by atoms with E-state index in [2.05, 4.69) is 0 Å². The molecule has 8 heteroatoms. The zero-order valence-corrected chi connectivity index (χ0v) is 22.3. The summed E-state index contributed by atoms with van der Waals surface area (Å²) in [5.74, 6) is 1.10. The Labute approximate surface area is 223 Å². The fourth-order valence-corrected chi connectivity index (χ4v) is 5.03. The van der Waals surface area contributed by atoms with Gasteiger partial charge in [0.15, 0.2) is 40.4 Å². The summed E-state index contributed by atoms with van der Waals surface area (Å²) in [6, 6.07) is 10.8. The first-order valence-corrected chi connectivity index (χ1v) is 12.6. The lowest BCUT2D eigenvalue weighted by Crippen LogP contribution is -2.47. The maximum atomic E-state index is 13.7. The molecule has 0 bridgehead atoms. The Kier molecular flexibility index (Phi) is 8.54. The monoisotopic (exact) mass is 522 g/mol. The summed E-state index contributed by atoms with van der Waals surface area (Å²) in [5.41, 5.74) is 0.309. The molecule has 1 heterocycles. The van der Waals surface area contributed by atoms with Gasteiger partial charge in [-0.1, -0.05) is 24.3 Å². The van der Waals surface area contributed by atoms with Gasteiger partial charge in [-0.3, -0.25) is 9.59 Å². The highest BCUT2D eigenvalue weighted by molar-refractivity contribution is 6.17. The van der Waals surface area contributed by atoms with E-state index in [1.807, 2.05) is 12.1 Å². The van der Waals surface area contributed by atoms with E-state index in [1.165, 1.54) is 12.2 Å². The highest BCUT2D eigenvalue weighted by Crippen LogP contribution is 2.46. The summed E-state index contributed by atoms with van der Waals surface area (Å²) < 4.78 is 33.0. The molecule has 2 fully saturated rings. The number of carbonyl (C=O) groups excluding carboxylic acids is 2. The molecule has 4 rings (SSSR count). The van der Waals surface area contributed by atoms with Crippen molar-refractivity contribution in [3.63, 3.8) is 0 Å². The van der Waals surface area contributed by atoms with E-state index in [1.54, 1.807) is 64.9 Å². The molecule has 0 atom stereocenters. The number of rotatable bonds is 10. The van der Waals surface area contributed by atoms with Crippen LogP contribution in [0.4, 0.5) is 0 Å². The van der Waals surface area contributed by atoms with Gasteiger partial charge in [-0.2, -0.15) is 0 Å². The van der Waals surface area contributed by atoms with Gasteiger partial charge in [0.1, 0.15) is 0 Å². The quantitative estimate of drug-likeness (QED) is 0.322. The molecule has 1 aliphatic heterocycles. The average molecular weight is 523 g/mol. The van der Waals surface area contributed by atoms with E-state index in [-0.39, 0.29) is 11.6 Å². The maximum absolute atomic E-state index is 13.7. The Balaban J connectivity index is 1.60. The minimum atomic E-state index is -1.21. The molecule has 0 aromatic heterocycles. The van der Waals surface area contributed by atoms with Crippen molar-refractivity contribution in [2.24, 2.45) is 5.41 Å². The van der Waals surface area contributed by atoms with E-state index in [9.17, 15) is 9.59 Å². The maximum Gasteiger partial charge on any atom is 0.169 e. The number of carbonyl (C=O) groups is 2.